The lowest BCUT2D eigenvalue weighted by molar-refractivity contribution is 0.0955. The van der Waals surface area contributed by atoms with Crippen molar-refractivity contribution in [3.63, 3.8) is 0 Å². The summed E-state index contributed by atoms with van der Waals surface area (Å²) in [6.07, 6.45) is 1.56. The number of rotatable bonds is 7. The molecule has 3 aromatic carbocycles. The maximum Gasteiger partial charge on any atom is 0.271 e. The highest BCUT2D eigenvalue weighted by molar-refractivity contribution is 7.14. The summed E-state index contributed by atoms with van der Waals surface area (Å²) in [7, 11) is 1.59. The van der Waals surface area contributed by atoms with Crippen LogP contribution in [0.2, 0.25) is 0 Å². The Morgan fingerprint density at radius 3 is 2.53 bits per heavy atom. The van der Waals surface area contributed by atoms with Crippen molar-refractivity contribution in [2.45, 2.75) is 6.92 Å². The molecule has 0 spiro atoms. The topological polar surface area (TPSA) is 75.6 Å². The molecule has 0 bridgehead atoms. The summed E-state index contributed by atoms with van der Waals surface area (Å²) in [6.45, 7) is 2.06. The van der Waals surface area contributed by atoms with Crippen LogP contribution in [0.25, 0.3) is 11.3 Å². The molecule has 1 heterocycles. The van der Waals surface area contributed by atoms with Crippen molar-refractivity contribution in [3.8, 4) is 17.0 Å². The molecule has 2 N–H and O–H groups in total. The molecule has 0 radical (unpaired) electrons. The molecule has 6 nitrogen and oxygen atoms in total. The number of thiazole rings is 1. The van der Waals surface area contributed by atoms with E-state index in [2.05, 4.69) is 39.9 Å². The number of para-hydroxylation sites is 1. The van der Waals surface area contributed by atoms with Gasteiger partial charge in [-0.3, -0.25) is 4.79 Å². The van der Waals surface area contributed by atoms with E-state index in [-0.39, 0.29) is 5.91 Å². The Morgan fingerprint density at radius 2 is 1.78 bits per heavy atom. The van der Waals surface area contributed by atoms with Gasteiger partial charge in [-0.1, -0.05) is 42.0 Å². The Balaban J connectivity index is 1.38. The number of nitrogens with zero attached hydrogens (tertiary/aromatic N) is 2. The summed E-state index contributed by atoms with van der Waals surface area (Å²) in [5.41, 5.74) is 7.84. The van der Waals surface area contributed by atoms with Crippen LogP contribution in [-0.2, 0) is 0 Å². The fourth-order valence-corrected chi connectivity index (χ4v) is 3.75. The molecular weight excluding hydrogens is 420 g/mol. The van der Waals surface area contributed by atoms with E-state index in [4.69, 9.17) is 4.74 Å². The zero-order valence-electron chi connectivity index (χ0n) is 17.7. The lowest BCUT2D eigenvalue weighted by Gasteiger charge is -2.04. The number of hydrogen-bond donors (Lipinski definition) is 2. The monoisotopic (exact) mass is 442 g/mol. The van der Waals surface area contributed by atoms with Crippen molar-refractivity contribution < 1.29 is 9.53 Å². The summed E-state index contributed by atoms with van der Waals surface area (Å²) >= 11 is 1.54. The number of anilines is 2. The smallest absolute Gasteiger partial charge is 0.271 e. The molecule has 0 fully saturated rings. The van der Waals surface area contributed by atoms with Gasteiger partial charge < -0.3 is 10.1 Å². The number of carbonyl (C=O) groups excluding carboxylic acids is 1. The summed E-state index contributed by atoms with van der Waals surface area (Å²) in [5.74, 6) is 0.400. The predicted octanol–water partition coefficient (Wildman–Crippen LogP) is 5.63. The number of aromatic nitrogens is 1. The zero-order valence-corrected chi connectivity index (χ0v) is 18.5. The molecule has 4 rings (SSSR count). The van der Waals surface area contributed by atoms with Crippen LogP contribution in [0, 0.1) is 6.92 Å². The third-order valence-electron chi connectivity index (χ3n) is 4.76. The van der Waals surface area contributed by atoms with E-state index >= 15 is 0 Å². The Labute approximate surface area is 190 Å². The number of amides is 1. The van der Waals surface area contributed by atoms with Gasteiger partial charge in [0, 0.05) is 27.8 Å². The van der Waals surface area contributed by atoms with Crippen LogP contribution < -0.4 is 15.5 Å². The molecule has 0 aliphatic carbocycles. The average Bonchev–Trinajstić information content (AvgIpc) is 3.29. The molecule has 32 heavy (non-hydrogen) atoms. The van der Waals surface area contributed by atoms with Gasteiger partial charge in [0.15, 0.2) is 5.13 Å². The van der Waals surface area contributed by atoms with E-state index in [9.17, 15) is 4.79 Å². The fraction of sp³-hybridized carbons (Fsp3) is 0.0800. The van der Waals surface area contributed by atoms with Gasteiger partial charge in [-0.2, -0.15) is 5.10 Å². The number of nitrogens with one attached hydrogen (secondary N) is 2. The quantitative estimate of drug-likeness (QED) is 0.287. The molecule has 1 amide bonds. The highest BCUT2D eigenvalue weighted by Crippen LogP contribution is 2.27. The second-order valence-corrected chi connectivity index (χ2v) is 7.91. The van der Waals surface area contributed by atoms with Crippen LogP contribution >= 0.6 is 11.3 Å². The van der Waals surface area contributed by atoms with Gasteiger partial charge in [0.05, 0.1) is 19.0 Å². The lowest BCUT2D eigenvalue weighted by atomic mass is 10.1. The Morgan fingerprint density at radius 1 is 1.03 bits per heavy atom. The van der Waals surface area contributed by atoms with E-state index in [1.807, 2.05) is 53.9 Å². The van der Waals surface area contributed by atoms with Gasteiger partial charge in [-0.25, -0.2) is 10.4 Å². The molecule has 7 heteroatoms. The number of hydrazone groups is 1. The summed E-state index contributed by atoms with van der Waals surface area (Å²) < 4.78 is 5.27. The van der Waals surface area contributed by atoms with Gasteiger partial charge in [0.25, 0.3) is 5.91 Å². The number of benzene rings is 3. The summed E-state index contributed by atoms with van der Waals surface area (Å²) in [6, 6.07) is 22.9. The van der Waals surface area contributed by atoms with E-state index in [1.165, 1.54) is 16.9 Å². The second kappa shape index (κ2) is 9.89. The summed E-state index contributed by atoms with van der Waals surface area (Å²) in [4.78, 5) is 17.0. The van der Waals surface area contributed by atoms with Crippen molar-refractivity contribution in [1.29, 1.82) is 0 Å². The van der Waals surface area contributed by atoms with Gasteiger partial charge in [-0.15, -0.1) is 11.3 Å². The van der Waals surface area contributed by atoms with E-state index < -0.39 is 0 Å². The van der Waals surface area contributed by atoms with Crippen LogP contribution in [0.4, 0.5) is 10.8 Å². The summed E-state index contributed by atoms with van der Waals surface area (Å²) in [5, 5.41) is 10.2. The highest BCUT2D eigenvalue weighted by atomic mass is 32.1. The third-order valence-corrected chi connectivity index (χ3v) is 5.52. The minimum Gasteiger partial charge on any atom is -0.496 e. The third kappa shape index (κ3) is 5.19. The van der Waals surface area contributed by atoms with Gasteiger partial charge >= 0.3 is 0 Å². The van der Waals surface area contributed by atoms with Crippen molar-refractivity contribution in [1.82, 2.24) is 10.4 Å². The second-order valence-electron chi connectivity index (χ2n) is 7.05. The molecule has 0 aliphatic heterocycles. The standard InChI is InChI=1S/C25H22N4O2S/c1-17-7-13-21(14-8-17)27-25-28-22(16-32-25)18-9-11-19(12-10-18)24(30)29-26-15-20-5-3-4-6-23(20)31-2/h3-16H,1-2H3,(H,27,28)(H,29,30)/b26-15-. The minimum absolute atomic E-state index is 0.289. The first-order chi connectivity index (χ1) is 15.6. The molecule has 0 saturated heterocycles. The van der Waals surface area contributed by atoms with Crippen LogP contribution in [0.5, 0.6) is 5.75 Å². The normalized spacial score (nSPS) is 10.8. The predicted molar refractivity (Wildman–Crippen MR) is 130 cm³/mol. The van der Waals surface area contributed by atoms with E-state index in [1.54, 1.807) is 25.5 Å². The van der Waals surface area contributed by atoms with Crippen molar-refractivity contribution >= 4 is 34.3 Å². The SMILES string of the molecule is COc1ccccc1/C=N\NC(=O)c1ccc(-c2csc(Nc3ccc(C)cc3)n2)cc1. The van der Waals surface area contributed by atoms with Crippen molar-refractivity contribution in [2.75, 3.05) is 12.4 Å². The minimum atomic E-state index is -0.289. The molecule has 0 saturated carbocycles. The maximum absolute atomic E-state index is 12.4. The van der Waals surface area contributed by atoms with Gasteiger partial charge in [-0.05, 0) is 43.3 Å². The Kier molecular flexibility index (Phi) is 6.57. The maximum atomic E-state index is 12.4. The van der Waals surface area contributed by atoms with Gasteiger partial charge in [0.2, 0.25) is 0 Å². The molecule has 4 aromatic rings. The molecule has 0 atom stereocenters. The first-order valence-corrected chi connectivity index (χ1v) is 10.9. The Bertz CT molecular complexity index is 1230. The first-order valence-electron chi connectivity index (χ1n) is 9.98. The van der Waals surface area contributed by atoms with Crippen molar-refractivity contribution in [2.24, 2.45) is 5.10 Å². The number of ether oxygens (including phenoxy) is 1. The van der Waals surface area contributed by atoms with Gasteiger partial charge in [0.1, 0.15) is 5.75 Å². The Hall–Kier alpha value is -3.97. The van der Waals surface area contributed by atoms with Crippen LogP contribution in [-0.4, -0.2) is 24.2 Å². The largest absolute Gasteiger partial charge is 0.496 e. The first kappa shape index (κ1) is 21.3. The lowest BCUT2D eigenvalue weighted by Crippen LogP contribution is -2.17. The van der Waals surface area contributed by atoms with Crippen LogP contribution in [0.15, 0.2) is 83.3 Å². The number of aryl methyl sites for hydroxylation is 1. The highest BCUT2D eigenvalue weighted by Gasteiger charge is 2.08. The molecule has 1 aromatic heterocycles. The van der Waals surface area contributed by atoms with E-state index in [0.29, 0.717) is 11.3 Å². The number of hydrogen-bond acceptors (Lipinski definition) is 6. The van der Waals surface area contributed by atoms with Crippen molar-refractivity contribution in [3.05, 3.63) is 94.9 Å². The number of carbonyl (C=O) groups is 1. The fourth-order valence-electron chi connectivity index (χ4n) is 3.01. The van der Waals surface area contributed by atoms with E-state index in [0.717, 1.165) is 27.6 Å². The molecule has 160 valence electrons. The number of methoxy groups -OCH3 is 1. The molecular formula is C25H22N4O2S. The van der Waals surface area contributed by atoms with Crippen LogP contribution in [0.3, 0.4) is 0 Å². The van der Waals surface area contributed by atoms with Crippen LogP contribution in [0.1, 0.15) is 21.5 Å². The molecule has 0 unspecified atom stereocenters. The zero-order chi connectivity index (χ0) is 22.3. The molecule has 0 aliphatic rings. The average molecular weight is 443 g/mol.